The highest BCUT2D eigenvalue weighted by Crippen LogP contribution is 2.26. The average Bonchev–Trinajstić information content (AvgIpc) is 3.40. The SMILES string of the molecule is CCc1nc(CSc2nnc3n(-c4ccc(C)cc4)c(=O)c4ccccc4n23)cs1. The van der Waals surface area contributed by atoms with Crippen LogP contribution in [0.15, 0.2) is 63.9 Å². The third-order valence-electron chi connectivity index (χ3n) is 4.94. The summed E-state index contributed by atoms with van der Waals surface area (Å²) in [4.78, 5) is 18.0. The van der Waals surface area contributed by atoms with E-state index >= 15 is 0 Å². The summed E-state index contributed by atoms with van der Waals surface area (Å²) in [6.07, 6.45) is 0.941. The Morgan fingerprint density at radius 1 is 1.07 bits per heavy atom. The second-order valence-corrected chi connectivity index (χ2v) is 8.87. The van der Waals surface area contributed by atoms with Gasteiger partial charge < -0.3 is 0 Å². The third-order valence-corrected chi connectivity index (χ3v) is 6.94. The van der Waals surface area contributed by atoms with Crippen molar-refractivity contribution in [2.75, 3.05) is 0 Å². The summed E-state index contributed by atoms with van der Waals surface area (Å²) in [6.45, 7) is 4.13. The van der Waals surface area contributed by atoms with Crippen molar-refractivity contribution in [3.8, 4) is 5.69 Å². The average molecular weight is 434 g/mol. The van der Waals surface area contributed by atoms with Gasteiger partial charge in [-0.15, -0.1) is 21.5 Å². The van der Waals surface area contributed by atoms with E-state index in [9.17, 15) is 4.79 Å². The summed E-state index contributed by atoms with van der Waals surface area (Å²) in [5.74, 6) is 1.22. The first-order valence-corrected chi connectivity index (χ1v) is 11.5. The van der Waals surface area contributed by atoms with Crippen molar-refractivity contribution in [1.82, 2.24) is 24.1 Å². The van der Waals surface area contributed by atoms with Gasteiger partial charge in [0.2, 0.25) is 5.78 Å². The van der Waals surface area contributed by atoms with Gasteiger partial charge in [0.25, 0.3) is 5.56 Å². The Morgan fingerprint density at radius 3 is 2.63 bits per heavy atom. The zero-order valence-corrected chi connectivity index (χ0v) is 18.2. The van der Waals surface area contributed by atoms with Gasteiger partial charge in [0.1, 0.15) is 0 Å². The summed E-state index contributed by atoms with van der Waals surface area (Å²) in [6, 6.07) is 15.5. The van der Waals surface area contributed by atoms with Crippen LogP contribution in [0.2, 0.25) is 0 Å². The lowest BCUT2D eigenvalue weighted by Crippen LogP contribution is -2.21. The van der Waals surface area contributed by atoms with Crippen molar-refractivity contribution in [1.29, 1.82) is 0 Å². The van der Waals surface area contributed by atoms with E-state index in [1.165, 1.54) is 0 Å². The second-order valence-electron chi connectivity index (χ2n) is 6.99. The number of aryl methyl sites for hydroxylation is 2. The van der Waals surface area contributed by atoms with Gasteiger partial charge in [-0.2, -0.15) is 0 Å². The fourth-order valence-electron chi connectivity index (χ4n) is 3.41. The minimum Gasteiger partial charge on any atom is -0.268 e. The van der Waals surface area contributed by atoms with E-state index in [0.29, 0.717) is 16.9 Å². The zero-order chi connectivity index (χ0) is 20.7. The summed E-state index contributed by atoms with van der Waals surface area (Å²) in [5, 5.41) is 13.4. The number of thioether (sulfide) groups is 1. The monoisotopic (exact) mass is 433 g/mol. The molecule has 0 atom stereocenters. The molecule has 5 rings (SSSR count). The standard InChI is InChI=1S/C22H19N5OS2/c1-3-19-23-15(12-29-19)13-30-22-25-24-21-26(16-10-8-14(2)9-11-16)20(28)17-6-4-5-7-18(17)27(21)22/h4-12H,3,13H2,1-2H3. The third kappa shape index (κ3) is 3.22. The number of fused-ring (bicyclic) bond motifs is 3. The highest BCUT2D eigenvalue weighted by Gasteiger charge is 2.18. The number of rotatable bonds is 5. The molecule has 0 saturated carbocycles. The first-order valence-electron chi connectivity index (χ1n) is 9.67. The normalized spacial score (nSPS) is 11.5. The molecule has 30 heavy (non-hydrogen) atoms. The van der Waals surface area contributed by atoms with Crippen LogP contribution in [0.4, 0.5) is 0 Å². The highest BCUT2D eigenvalue weighted by atomic mass is 32.2. The smallest absolute Gasteiger partial charge is 0.267 e. The van der Waals surface area contributed by atoms with Crippen molar-refractivity contribution < 1.29 is 0 Å². The van der Waals surface area contributed by atoms with E-state index < -0.39 is 0 Å². The number of thiazole rings is 1. The summed E-state index contributed by atoms with van der Waals surface area (Å²) >= 11 is 3.26. The van der Waals surface area contributed by atoms with Crippen molar-refractivity contribution in [2.24, 2.45) is 0 Å². The van der Waals surface area contributed by atoms with Crippen LogP contribution in [0.5, 0.6) is 0 Å². The van der Waals surface area contributed by atoms with Crippen molar-refractivity contribution in [2.45, 2.75) is 31.2 Å². The highest BCUT2D eigenvalue weighted by molar-refractivity contribution is 7.98. The predicted molar refractivity (Wildman–Crippen MR) is 122 cm³/mol. The molecule has 8 heteroatoms. The molecule has 0 aliphatic carbocycles. The van der Waals surface area contributed by atoms with Crippen molar-refractivity contribution in [3.05, 3.63) is 80.5 Å². The molecule has 3 aromatic heterocycles. The van der Waals surface area contributed by atoms with Crippen molar-refractivity contribution in [3.63, 3.8) is 0 Å². The van der Waals surface area contributed by atoms with Crippen LogP contribution in [0.3, 0.4) is 0 Å². The van der Waals surface area contributed by atoms with Gasteiger partial charge in [-0.1, -0.05) is 48.5 Å². The van der Waals surface area contributed by atoms with Crippen LogP contribution in [0, 0.1) is 6.92 Å². The predicted octanol–water partition coefficient (Wildman–Crippen LogP) is 4.65. The lowest BCUT2D eigenvalue weighted by atomic mass is 10.2. The lowest BCUT2D eigenvalue weighted by Gasteiger charge is -2.11. The van der Waals surface area contributed by atoms with Crippen LogP contribution in [-0.4, -0.2) is 24.1 Å². The Kier molecular flexibility index (Phi) is 4.88. The number of nitrogens with zero attached hydrogens (tertiary/aromatic N) is 5. The van der Waals surface area contributed by atoms with Gasteiger partial charge in [-0.3, -0.25) is 9.20 Å². The van der Waals surface area contributed by atoms with Gasteiger partial charge in [-0.25, -0.2) is 9.55 Å². The number of aromatic nitrogens is 5. The Balaban J connectivity index is 1.68. The quantitative estimate of drug-likeness (QED) is 0.378. The zero-order valence-electron chi connectivity index (χ0n) is 16.6. The van der Waals surface area contributed by atoms with Gasteiger partial charge >= 0.3 is 0 Å². The first kappa shape index (κ1) is 19.0. The summed E-state index contributed by atoms with van der Waals surface area (Å²) in [7, 11) is 0. The van der Waals surface area contributed by atoms with Gasteiger partial charge in [-0.05, 0) is 37.6 Å². The van der Waals surface area contributed by atoms with Gasteiger partial charge in [0, 0.05) is 11.1 Å². The molecule has 0 aliphatic heterocycles. The van der Waals surface area contributed by atoms with E-state index in [1.807, 2.05) is 59.9 Å². The minimum atomic E-state index is -0.0991. The van der Waals surface area contributed by atoms with Crippen LogP contribution >= 0.6 is 23.1 Å². The van der Waals surface area contributed by atoms with E-state index in [-0.39, 0.29) is 5.56 Å². The van der Waals surface area contributed by atoms with Gasteiger partial charge in [0.15, 0.2) is 5.16 Å². The van der Waals surface area contributed by atoms with E-state index in [0.717, 1.165) is 39.0 Å². The van der Waals surface area contributed by atoms with Crippen LogP contribution < -0.4 is 5.56 Å². The van der Waals surface area contributed by atoms with Crippen LogP contribution in [0.1, 0.15) is 23.2 Å². The molecule has 3 heterocycles. The number of hydrogen-bond donors (Lipinski definition) is 0. The maximum atomic E-state index is 13.3. The van der Waals surface area contributed by atoms with E-state index in [2.05, 4.69) is 27.5 Å². The minimum absolute atomic E-state index is 0.0991. The molecule has 0 unspecified atom stereocenters. The molecular formula is C22H19N5OS2. The Labute approximate surface area is 181 Å². The number of hydrogen-bond acceptors (Lipinski definition) is 6. The fraction of sp³-hybridized carbons (Fsp3) is 0.182. The molecule has 2 aromatic carbocycles. The van der Waals surface area contributed by atoms with Gasteiger partial charge in [0.05, 0.1) is 27.3 Å². The molecule has 0 radical (unpaired) electrons. The van der Waals surface area contributed by atoms with E-state index in [1.54, 1.807) is 27.7 Å². The first-order chi connectivity index (χ1) is 14.7. The molecule has 0 saturated heterocycles. The molecule has 0 aliphatic rings. The Morgan fingerprint density at radius 2 is 1.87 bits per heavy atom. The Bertz CT molecular complexity index is 1420. The fourth-order valence-corrected chi connectivity index (χ4v) is 5.10. The summed E-state index contributed by atoms with van der Waals surface area (Å²) in [5.41, 5.74) is 3.65. The maximum absolute atomic E-state index is 13.3. The number of para-hydroxylation sites is 1. The molecule has 150 valence electrons. The lowest BCUT2D eigenvalue weighted by molar-refractivity contribution is 0.929. The number of benzene rings is 2. The Hall–Kier alpha value is -2.97. The molecule has 0 spiro atoms. The van der Waals surface area contributed by atoms with Crippen molar-refractivity contribution >= 4 is 39.8 Å². The second kappa shape index (κ2) is 7.70. The maximum Gasteiger partial charge on any atom is 0.267 e. The molecule has 5 aromatic rings. The topological polar surface area (TPSA) is 65.1 Å². The molecular weight excluding hydrogens is 414 g/mol. The van der Waals surface area contributed by atoms with E-state index in [4.69, 9.17) is 0 Å². The van der Waals surface area contributed by atoms with Crippen LogP contribution in [0.25, 0.3) is 22.4 Å². The molecule has 0 fully saturated rings. The van der Waals surface area contributed by atoms with Crippen LogP contribution in [-0.2, 0) is 12.2 Å². The molecule has 6 nitrogen and oxygen atoms in total. The molecule has 0 N–H and O–H groups in total. The summed E-state index contributed by atoms with van der Waals surface area (Å²) < 4.78 is 3.60. The molecule has 0 bridgehead atoms. The largest absolute Gasteiger partial charge is 0.268 e. The molecule has 0 amide bonds.